The van der Waals surface area contributed by atoms with Crippen molar-refractivity contribution in [2.45, 2.75) is 33.4 Å². The summed E-state index contributed by atoms with van der Waals surface area (Å²) >= 11 is 0. The predicted octanol–water partition coefficient (Wildman–Crippen LogP) is -0.140. The van der Waals surface area contributed by atoms with E-state index in [-0.39, 0.29) is 17.9 Å². The first kappa shape index (κ1) is 14.6. The molecule has 0 spiro atoms. The first-order valence-electron chi connectivity index (χ1n) is 7.29. The van der Waals surface area contributed by atoms with E-state index in [1.165, 1.54) is 9.13 Å². The Morgan fingerprint density at radius 3 is 2.59 bits per heavy atom. The minimum absolute atomic E-state index is 0.0205. The number of fused-ring (bicyclic) bond motifs is 3. The molecule has 0 unspecified atom stereocenters. The molecule has 0 atom stereocenters. The van der Waals surface area contributed by atoms with Crippen molar-refractivity contribution in [2.24, 2.45) is 7.05 Å². The molecular weight excluding hydrogens is 286 g/mol. The van der Waals surface area contributed by atoms with Gasteiger partial charge >= 0.3 is 5.69 Å². The summed E-state index contributed by atoms with van der Waals surface area (Å²) in [5.41, 5.74) is 0.974. The van der Waals surface area contributed by atoms with E-state index in [1.54, 1.807) is 11.4 Å². The maximum atomic E-state index is 12.7. The van der Waals surface area contributed by atoms with Crippen molar-refractivity contribution in [1.29, 1.82) is 0 Å². The van der Waals surface area contributed by atoms with Crippen LogP contribution in [0.15, 0.2) is 15.8 Å². The summed E-state index contributed by atoms with van der Waals surface area (Å²) in [7, 11) is 1.62. The summed E-state index contributed by atoms with van der Waals surface area (Å²) in [6.07, 6.45) is 2.51. The van der Waals surface area contributed by atoms with Gasteiger partial charge in [-0.3, -0.25) is 18.3 Å². The SMILES string of the molecule is CCCn1c(=O)c2c(nc3n(CCO)c(C)cn23)n(C)c1=O. The van der Waals surface area contributed by atoms with Crippen LogP contribution in [0.1, 0.15) is 19.0 Å². The number of aryl methyl sites for hydroxylation is 2. The Bertz CT molecular complexity index is 973. The van der Waals surface area contributed by atoms with E-state index < -0.39 is 0 Å². The minimum Gasteiger partial charge on any atom is -0.395 e. The lowest BCUT2D eigenvalue weighted by atomic mass is 10.4. The molecular formula is C14H19N5O3. The van der Waals surface area contributed by atoms with Crippen molar-refractivity contribution in [2.75, 3.05) is 6.61 Å². The van der Waals surface area contributed by atoms with Gasteiger partial charge in [-0.2, -0.15) is 4.98 Å². The predicted molar refractivity (Wildman–Crippen MR) is 82.3 cm³/mol. The summed E-state index contributed by atoms with van der Waals surface area (Å²) in [6.45, 7) is 4.56. The Kier molecular flexibility index (Phi) is 3.40. The van der Waals surface area contributed by atoms with Crippen molar-refractivity contribution in [3.63, 3.8) is 0 Å². The Balaban J connectivity index is 2.49. The zero-order valence-corrected chi connectivity index (χ0v) is 12.9. The number of aliphatic hydroxyl groups is 1. The summed E-state index contributed by atoms with van der Waals surface area (Å²) in [4.78, 5) is 29.4. The molecule has 22 heavy (non-hydrogen) atoms. The number of aromatic nitrogens is 5. The highest BCUT2D eigenvalue weighted by Crippen LogP contribution is 2.15. The van der Waals surface area contributed by atoms with Crippen LogP contribution in [-0.4, -0.2) is 34.8 Å². The number of imidazole rings is 2. The van der Waals surface area contributed by atoms with Crippen molar-refractivity contribution >= 4 is 16.9 Å². The van der Waals surface area contributed by atoms with E-state index in [4.69, 9.17) is 0 Å². The fourth-order valence-electron chi connectivity index (χ4n) is 2.85. The Morgan fingerprint density at radius 2 is 1.95 bits per heavy atom. The highest BCUT2D eigenvalue weighted by atomic mass is 16.3. The highest BCUT2D eigenvalue weighted by molar-refractivity contribution is 5.75. The zero-order chi connectivity index (χ0) is 16.0. The molecule has 3 aromatic heterocycles. The van der Waals surface area contributed by atoms with Gasteiger partial charge in [-0.15, -0.1) is 0 Å². The maximum Gasteiger partial charge on any atom is 0.332 e. The van der Waals surface area contributed by atoms with Crippen molar-refractivity contribution in [3.05, 3.63) is 32.7 Å². The van der Waals surface area contributed by atoms with E-state index in [9.17, 15) is 14.7 Å². The van der Waals surface area contributed by atoms with Gasteiger partial charge in [0.05, 0.1) is 6.61 Å². The lowest BCUT2D eigenvalue weighted by Crippen LogP contribution is -2.39. The molecule has 0 saturated carbocycles. The monoisotopic (exact) mass is 305 g/mol. The van der Waals surface area contributed by atoms with E-state index >= 15 is 0 Å². The van der Waals surface area contributed by atoms with Gasteiger partial charge in [-0.25, -0.2) is 4.79 Å². The van der Waals surface area contributed by atoms with Gasteiger partial charge < -0.3 is 9.67 Å². The molecule has 8 heteroatoms. The van der Waals surface area contributed by atoms with Crippen LogP contribution in [0.3, 0.4) is 0 Å². The molecule has 0 fully saturated rings. The van der Waals surface area contributed by atoms with Gasteiger partial charge in [-0.05, 0) is 13.3 Å². The number of rotatable bonds is 4. The average Bonchev–Trinajstić information content (AvgIpc) is 2.99. The molecule has 0 aliphatic heterocycles. The maximum absolute atomic E-state index is 12.7. The molecule has 0 aliphatic rings. The second-order valence-corrected chi connectivity index (χ2v) is 5.40. The topological polar surface area (TPSA) is 86.5 Å². The molecule has 0 bridgehead atoms. The van der Waals surface area contributed by atoms with Crippen LogP contribution in [0.2, 0.25) is 0 Å². The third-order valence-electron chi connectivity index (χ3n) is 3.91. The van der Waals surface area contributed by atoms with Crippen LogP contribution < -0.4 is 11.2 Å². The number of hydrogen-bond donors (Lipinski definition) is 1. The lowest BCUT2D eigenvalue weighted by Gasteiger charge is -2.06. The quantitative estimate of drug-likeness (QED) is 0.727. The molecule has 0 saturated heterocycles. The summed E-state index contributed by atoms with van der Waals surface area (Å²) in [5, 5.41) is 9.19. The Hall–Kier alpha value is -2.35. The second-order valence-electron chi connectivity index (χ2n) is 5.40. The lowest BCUT2D eigenvalue weighted by molar-refractivity contribution is 0.276. The summed E-state index contributed by atoms with van der Waals surface area (Å²) < 4.78 is 6.18. The van der Waals surface area contributed by atoms with Crippen LogP contribution in [0.25, 0.3) is 16.9 Å². The molecule has 0 aliphatic carbocycles. The van der Waals surface area contributed by atoms with E-state index in [0.29, 0.717) is 36.5 Å². The van der Waals surface area contributed by atoms with Crippen molar-refractivity contribution < 1.29 is 5.11 Å². The van der Waals surface area contributed by atoms with Crippen LogP contribution >= 0.6 is 0 Å². The molecule has 8 nitrogen and oxygen atoms in total. The molecule has 0 radical (unpaired) electrons. The fraction of sp³-hybridized carbons (Fsp3) is 0.500. The van der Waals surface area contributed by atoms with Gasteiger partial charge in [0, 0.05) is 32.0 Å². The molecule has 3 heterocycles. The van der Waals surface area contributed by atoms with Gasteiger partial charge in [0.1, 0.15) is 0 Å². The number of aliphatic hydroxyl groups excluding tert-OH is 1. The van der Waals surface area contributed by atoms with Crippen molar-refractivity contribution in [1.82, 2.24) is 23.1 Å². The average molecular weight is 305 g/mol. The fourth-order valence-corrected chi connectivity index (χ4v) is 2.85. The van der Waals surface area contributed by atoms with Crippen LogP contribution in [0.4, 0.5) is 0 Å². The Labute approximate surface area is 125 Å². The largest absolute Gasteiger partial charge is 0.395 e. The standard InChI is InChI=1S/C14H19N5O3/c1-4-5-18-12(21)10-11(16(3)14(18)22)15-13-17(6-7-20)9(2)8-19(10)13/h8,20H,4-7H2,1-3H3. The zero-order valence-electron chi connectivity index (χ0n) is 12.9. The molecule has 118 valence electrons. The first-order valence-corrected chi connectivity index (χ1v) is 7.29. The molecule has 0 amide bonds. The minimum atomic E-state index is -0.356. The van der Waals surface area contributed by atoms with Gasteiger partial charge in [0.15, 0.2) is 11.2 Å². The number of nitrogens with zero attached hydrogens (tertiary/aromatic N) is 5. The summed E-state index contributed by atoms with van der Waals surface area (Å²) in [5.74, 6) is 0.558. The van der Waals surface area contributed by atoms with Gasteiger partial charge in [0.2, 0.25) is 5.78 Å². The normalized spacial score (nSPS) is 11.8. The Morgan fingerprint density at radius 1 is 1.23 bits per heavy atom. The van der Waals surface area contributed by atoms with Gasteiger partial charge in [0.25, 0.3) is 5.56 Å². The molecule has 1 N–H and O–H groups in total. The van der Waals surface area contributed by atoms with E-state index in [0.717, 1.165) is 5.69 Å². The molecule has 0 aromatic carbocycles. The van der Waals surface area contributed by atoms with E-state index in [1.807, 2.05) is 24.6 Å². The van der Waals surface area contributed by atoms with Crippen molar-refractivity contribution in [3.8, 4) is 0 Å². The number of hydrogen-bond acceptors (Lipinski definition) is 4. The third kappa shape index (κ3) is 1.83. The third-order valence-corrected chi connectivity index (χ3v) is 3.91. The smallest absolute Gasteiger partial charge is 0.332 e. The molecule has 3 aromatic rings. The van der Waals surface area contributed by atoms with E-state index in [2.05, 4.69) is 4.98 Å². The second kappa shape index (κ2) is 5.13. The van der Waals surface area contributed by atoms with Crippen LogP contribution in [0, 0.1) is 6.92 Å². The first-order chi connectivity index (χ1) is 10.5. The van der Waals surface area contributed by atoms with Gasteiger partial charge in [-0.1, -0.05) is 6.92 Å². The van der Waals surface area contributed by atoms with Crippen LogP contribution in [0.5, 0.6) is 0 Å². The summed E-state index contributed by atoms with van der Waals surface area (Å²) in [6, 6.07) is 0. The molecule has 3 rings (SSSR count). The van der Waals surface area contributed by atoms with Crippen LogP contribution in [-0.2, 0) is 20.1 Å². The highest BCUT2D eigenvalue weighted by Gasteiger charge is 2.19.